The maximum atomic E-state index is 13.9. The number of carbonyl (C=O) groups excluding carboxylic acids is 2. The third-order valence-electron chi connectivity index (χ3n) is 7.76. The molecule has 0 aliphatic heterocycles. The van der Waals surface area contributed by atoms with Gasteiger partial charge in [0.15, 0.2) is 0 Å². The van der Waals surface area contributed by atoms with Crippen LogP contribution in [-0.4, -0.2) is 50.0 Å². The first-order valence-corrected chi connectivity index (χ1v) is 16.9. The first kappa shape index (κ1) is 32.5. The van der Waals surface area contributed by atoms with Crippen molar-refractivity contribution in [1.29, 1.82) is 0 Å². The minimum atomic E-state index is -3.62. The molecule has 10 heteroatoms. The number of rotatable bonds is 13. The Bertz CT molecular complexity index is 1450. The molecule has 1 fully saturated rings. The van der Waals surface area contributed by atoms with Gasteiger partial charge in [0.1, 0.15) is 11.9 Å². The van der Waals surface area contributed by atoms with Gasteiger partial charge in [-0.3, -0.25) is 13.9 Å². The fourth-order valence-corrected chi connectivity index (χ4v) is 6.59. The molecule has 1 N–H and O–H groups in total. The summed E-state index contributed by atoms with van der Waals surface area (Å²) in [6.45, 7) is 0.190. The Morgan fingerprint density at radius 2 is 1.58 bits per heavy atom. The van der Waals surface area contributed by atoms with Gasteiger partial charge in [-0.15, -0.1) is 0 Å². The van der Waals surface area contributed by atoms with Gasteiger partial charge in [0.2, 0.25) is 21.8 Å². The summed E-state index contributed by atoms with van der Waals surface area (Å²) in [4.78, 5) is 29.4. The summed E-state index contributed by atoms with van der Waals surface area (Å²) in [6, 6.07) is 21.2. The van der Waals surface area contributed by atoms with Crippen LogP contribution in [0.1, 0.15) is 56.1 Å². The van der Waals surface area contributed by atoms with Crippen molar-refractivity contribution >= 4 is 39.1 Å². The number of hydrogen-bond acceptors (Lipinski definition) is 4. The monoisotopic (exact) mass is 627 g/mol. The summed E-state index contributed by atoms with van der Waals surface area (Å²) >= 11 is 5.99. The third kappa shape index (κ3) is 9.79. The molecule has 0 aromatic heterocycles. The van der Waals surface area contributed by atoms with E-state index in [1.54, 1.807) is 41.3 Å². The number of nitrogens with zero attached hydrogens (tertiary/aromatic N) is 2. The SMILES string of the molecule is CS(=O)(=O)N(CCCC(=O)N(Cc1ccc(F)cc1)[C@@H](Cc1ccccc1)C(=O)NC1CCCCC1)c1ccc(Cl)cc1. The topological polar surface area (TPSA) is 86.8 Å². The number of halogens is 2. The Morgan fingerprint density at radius 3 is 2.21 bits per heavy atom. The highest BCUT2D eigenvalue weighted by Crippen LogP contribution is 2.23. The Kier molecular flexibility index (Phi) is 11.6. The van der Waals surface area contributed by atoms with Gasteiger partial charge < -0.3 is 10.2 Å². The van der Waals surface area contributed by atoms with Crippen molar-refractivity contribution in [2.24, 2.45) is 0 Å². The maximum Gasteiger partial charge on any atom is 0.243 e. The van der Waals surface area contributed by atoms with E-state index < -0.39 is 16.1 Å². The molecule has 0 saturated heterocycles. The summed E-state index contributed by atoms with van der Waals surface area (Å²) in [5.41, 5.74) is 2.06. The highest BCUT2D eigenvalue weighted by molar-refractivity contribution is 7.92. The minimum Gasteiger partial charge on any atom is -0.352 e. The minimum absolute atomic E-state index is 0.0167. The van der Waals surface area contributed by atoms with Gasteiger partial charge in [-0.2, -0.15) is 0 Å². The molecule has 3 aromatic carbocycles. The number of anilines is 1. The molecule has 0 bridgehead atoms. The zero-order chi connectivity index (χ0) is 30.8. The summed E-state index contributed by atoms with van der Waals surface area (Å²) in [7, 11) is -3.62. The van der Waals surface area contributed by atoms with E-state index >= 15 is 0 Å². The average Bonchev–Trinajstić information content (AvgIpc) is 2.99. The van der Waals surface area contributed by atoms with Gasteiger partial charge in [-0.25, -0.2) is 12.8 Å². The van der Waals surface area contributed by atoms with Gasteiger partial charge in [-0.05, 0) is 66.8 Å². The van der Waals surface area contributed by atoms with E-state index in [-0.39, 0.29) is 49.6 Å². The average molecular weight is 628 g/mol. The Hall–Kier alpha value is -3.43. The quantitative estimate of drug-likeness (QED) is 0.248. The van der Waals surface area contributed by atoms with Crippen molar-refractivity contribution in [3.8, 4) is 0 Å². The van der Waals surface area contributed by atoms with Crippen LogP contribution < -0.4 is 9.62 Å². The smallest absolute Gasteiger partial charge is 0.243 e. The number of sulfonamides is 1. The second kappa shape index (κ2) is 15.3. The van der Waals surface area contributed by atoms with E-state index in [0.717, 1.165) is 43.9 Å². The lowest BCUT2D eigenvalue weighted by Gasteiger charge is -2.34. The largest absolute Gasteiger partial charge is 0.352 e. The van der Waals surface area contributed by atoms with Crippen molar-refractivity contribution in [3.63, 3.8) is 0 Å². The highest BCUT2D eigenvalue weighted by atomic mass is 35.5. The second-order valence-electron chi connectivity index (χ2n) is 11.1. The molecule has 1 saturated carbocycles. The molecule has 43 heavy (non-hydrogen) atoms. The first-order chi connectivity index (χ1) is 20.6. The number of nitrogens with one attached hydrogen (secondary N) is 1. The highest BCUT2D eigenvalue weighted by Gasteiger charge is 2.32. The van der Waals surface area contributed by atoms with Crippen molar-refractivity contribution in [2.75, 3.05) is 17.1 Å². The molecular weight excluding hydrogens is 589 g/mol. The van der Waals surface area contributed by atoms with Gasteiger partial charge in [-0.1, -0.05) is 73.3 Å². The van der Waals surface area contributed by atoms with Crippen LogP contribution in [0.5, 0.6) is 0 Å². The van der Waals surface area contributed by atoms with Crippen LogP contribution in [0.2, 0.25) is 5.02 Å². The van der Waals surface area contributed by atoms with Crippen LogP contribution in [0, 0.1) is 5.82 Å². The standard InChI is InChI=1S/C33H39ClFN3O4S/c1-43(41,42)38(30-20-16-27(34)17-21-30)22-8-13-32(39)37(24-26-14-18-28(35)19-15-26)31(23-25-9-4-2-5-10-25)33(40)36-29-11-6-3-7-12-29/h2,4-5,9-10,14-21,29,31H,3,6-8,11-13,22-24H2,1H3,(H,36,40)/t31-/m0/s1. The molecule has 0 spiro atoms. The van der Waals surface area contributed by atoms with E-state index in [1.807, 2.05) is 30.3 Å². The van der Waals surface area contributed by atoms with Crippen molar-refractivity contribution < 1.29 is 22.4 Å². The zero-order valence-electron chi connectivity index (χ0n) is 24.4. The van der Waals surface area contributed by atoms with Crippen LogP contribution >= 0.6 is 11.6 Å². The molecule has 1 aliphatic rings. The van der Waals surface area contributed by atoms with E-state index in [1.165, 1.54) is 16.4 Å². The molecule has 1 aliphatic carbocycles. The van der Waals surface area contributed by atoms with Crippen LogP contribution in [0.3, 0.4) is 0 Å². The maximum absolute atomic E-state index is 13.9. The Labute approximate surface area is 259 Å². The van der Waals surface area contributed by atoms with Crippen LogP contribution in [0.25, 0.3) is 0 Å². The normalized spacial score (nSPS) is 14.6. The van der Waals surface area contributed by atoms with Crippen molar-refractivity contribution in [2.45, 2.75) is 70.0 Å². The lowest BCUT2D eigenvalue weighted by molar-refractivity contribution is -0.141. The van der Waals surface area contributed by atoms with E-state index in [9.17, 15) is 22.4 Å². The molecular formula is C33H39ClFN3O4S. The molecule has 7 nitrogen and oxygen atoms in total. The van der Waals surface area contributed by atoms with Crippen molar-refractivity contribution in [1.82, 2.24) is 10.2 Å². The number of amides is 2. The van der Waals surface area contributed by atoms with Gasteiger partial charge in [0, 0.05) is 37.0 Å². The lowest BCUT2D eigenvalue weighted by Crippen LogP contribution is -2.52. The van der Waals surface area contributed by atoms with Crippen LogP contribution in [-0.2, 0) is 32.6 Å². The number of hydrogen-bond donors (Lipinski definition) is 1. The second-order valence-corrected chi connectivity index (χ2v) is 13.5. The van der Waals surface area contributed by atoms with E-state index in [4.69, 9.17) is 11.6 Å². The van der Waals surface area contributed by atoms with Gasteiger partial charge >= 0.3 is 0 Å². The molecule has 1 atom stereocenters. The van der Waals surface area contributed by atoms with E-state index in [2.05, 4.69) is 5.32 Å². The Morgan fingerprint density at radius 1 is 0.930 bits per heavy atom. The molecule has 230 valence electrons. The number of carbonyl (C=O) groups is 2. The van der Waals surface area contributed by atoms with Crippen molar-refractivity contribution in [3.05, 3.63) is 101 Å². The summed E-state index contributed by atoms with van der Waals surface area (Å²) in [5, 5.41) is 3.68. The summed E-state index contributed by atoms with van der Waals surface area (Å²) in [5.74, 6) is -0.890. The molecule has 2 amide bonds. The van der Waals surface area contributed by atoms with Crippen LogP contribution in [0.15, 0.2) is 78.9 Å². The van der Waals surface area contributed by atoms with E-state index in [0.29, 0.717) is 22.7 Å². The fraction of sp³-hybridized carbons (Fsp3) is 0.394. The molecule has 0 radical (unpaired) electrons. The fourth-order valence-electron chi connectivity index (χ4n) is 5.50. The number of benzene rings is 3. The zero-order valence-corrected chi connectivity index (χ0v) is 26.0. The van der Waals surface area contributed by atoms with Gasteiger partial charge in [0.25, 0.3) is 0 Å². The third-order valence-corrected chi connectivity index (χ3v) is 9.20. The molecule has 0 heterocycles. The predicted molar refractivity (Wildman–Crippen MR) is 169 cm³/mol. The predicted octanol–water partition coefficient (Wildman–Crippen LogP) is 6.11. The van der Waals surface area contributed by atoms with Crippen LogP contribution in [0.4, 0.5) is 10.1 Å². The summed E-state index contributed by atoms with van der Waals surface area (Å²) < 4.78 is 40.2. The Balaban J connectivity index is 1.58. The van der Waals surface area contributed by atoms with Gasteiger partial charge in [0.05, 0.1) is 11.9 Å². The molecule has 4 rings (SSSR count). The summed E-state index contributed by atoms with van der Waals surface area (Å²) in [6.07, 6.45) is 6.74. The first-order valence-electron chi connectivity index (χ1n) is 14.7. The molecule has 0 unspecified atom stereocenters. The molecule has 3 aromatic rings. The lowest BCUT2D eigenvalue weighted by atomic mass is 9.94.